The predicted octanol–water partition coefficient (Wildman–Crippen LogP) is 0.705. The molecule has 2 N–H and O–H groups in total. The molecule has 1 aromatic rings. The van der Waals surface area contributed by atoms with Crippen molar-refractivity contribution < 1.29 is 14.4 Å². The van der Waals surface area contributed by atoms with Crippen LogP contribution in [0.5, 0.6) is 0 Å². The molecule has 1 heterocycles. The highest BCUT2D eigenvalue weighted by Crippen LogP contribution is 2.23. The molecule has 0 unspecified atom stereocenters. The summed E-state index contributed by atoms with van der Waals surface area (Å²) in [5, 5.41) is 5.90. The van der Waals surface area contributed by atoms with Crippen molar-refractivity contribution in [2.45, 2.75) is 26.8 Å². The molecule has 0 saturated heterocycles. The highest BCUT2D eigenvalue weighted by atomic mass is 16.2. The Morgan fingerprint density at radius 3 is 2.59 bits per heavy atom. The zero-order valence-electron chi connectivity index (χ0n) is 13.1. The summed E-state index contributed by atoms with van der Waals surface area (Å²) in [7, 11) is 0. The molecule has 0 spiro atoms. The average Bonchev–Trinajstić information content (AvgIpc) is 2.70. The number of benzene rings is 1. The quantitative estimate of drug-likeness (QED) is 0.759. The van der Waals surface area contributed by atoms with Crippen LogP contribution in [0.3, 0.4) is 0 Å². The van der Waals surface area contributed by atoms with Crippen molar-refractivity contribution >= 4 is 17.7 Å². The molecule has 1 aliphatic heterocycles. The minimum atomic E-state index is -0.408. The summed E-state index contributed by atoms with van der Waals surface area (Å²) >= 11 is 0. The van der Waals surface area contributed by atoms with Gasteiger partial charge in [0.2, 0.25) is 5.91 Å². The lowest BCUT2D eigenvalue weighted by molar-refractivity contribution is -0.121. The van der Waals surface area contributed by atoms with E-state index < -0.39 is 11.8 Å². The second-order valence-corrected chi connectivity index (χ2v) is 5.51. The Hall–Kier alpha value is -2.21. The molecule has 118 valence electrons. The SMILES string of the molecule is CCN[C@H](C)CNC(=O)CN1C(=O)c2ccc(C)cc2C1=O. The van der Waals surface area contributed by atoms with Crippen molar-refractivity contribution in [3.8, 4) is 0 Å². The van der Waals surface area contributed by atoms with Gasteiger partial charge >= 0.3 is 0 Å². The number of hydrogen-bond donors (Lipinski definition) is 2. The second-order valence-electron chi connectivity index (χ2n) is 5.51. The maximum Gasteiger partial charge on any atom is 0.262 e. The van der Waals surface area contributed by atoms with E-state index in [-0.39, 0.29) is 18.5 Å². The van der Waals surface area contributed by atoms with Gasteiger partial charge in [-0.1, -0.05) is 18.6 Å². The lowest BCUT2D eigenvalue weighted by Gasteiger charge is -2.16. The second kappa shape index (κ2) is 6.70. The summed E-state index contributed by atoms with van der Waals surface area (Å²) in [6.45, 7) is 6.82. The zero-order valence-corrected chi connectivity index (χ0v) is 13.1. The van der Waals surface area contributed by atoms with Crippen molar-refractivity contribution in [3.05, 3.63) is 34.9 Å². The molecule has 6 nitrogen and oxygen atoms in total. The third-order valence-electron chi connectivity index (χ3n) is 3.59. The van der Waals surface area contributed by atoms with Crippen LogP contribution in [0, 0.1) is 6.92 Å². The normalized spacial score (nSPS) is 15.0. The van der Waals surface area contributed by atoms with Crippen molar-refractivity contribution in [2.75, 3.05) is 19.6 Å². The van der Waals surface area contributed by atoms with Gasteiger partial charge in [-0.2, -0.15) is 0 Å². The first-order chi connectivity index (χ1) is 10.4. The fourth-order valence-electron chi connectivity index (χ4n) is 2.44. The number of rotatable bonds is 6. The van der Waals surface area contributed by atoms with E-state index in [0.29, 0.717) is 17.7 Å². The van der Waals surface area contributed by atoms with Crippen LogP contribution >= 0.6 is 0 Å². The van der Waals surface area contributed by atoms with Crippen molar-refractivity contribution in [1.29, 1.82) is 0 Å². The molecule has 2 rings (SSSR count). The summed E-state index contributed by atoms with van der Waals surface area (Å²) in [6, 6.07) is 5.24. The Morgan fingerprint density at radius 2 is 1.91 bits per heavy atom. The van der Waals surface area contributed by atoms with Gasteiger partial charge in [0.1, 0.15) is 6.54 Å². The van der Waals surface area contributed by atoms with Gasteiger partial charge in [-0.3, -0.25) is 19.3 Å². The van der Waals surface area contributed by atoms with Crippen molar-refractivity contribution in [1.82, 2.24) is 15.5 Å². The van der Waals surface area contributed by atoms with E-state index in [2.05, 4.69) is 10.6 Å². The van der Waals surface area contributed by atoms with E-state index in [1.54, 1.807) is 18.2 Å². The van der Waals surface area contributed by atoms with Crippen LogP contribution in [0.4, 0.5) is 0 Å². The number of nitrogens with one attached hydrogen (secondary N) is 2. The van der Waals surface area contributed by atoms with Crippen LogP contribution in [0.2, 0.25) is 0 Å². The van der Waals surface area contributed by atoms with Gasteiger partial charge in [0, 0.05) is 12.6 Å². The molecule has 22 heavy (non-hydrogen) atoms. The van der Waals surface area contributed by atoms with Crippen LogP contribution in [-0.2, 0) is 4.79 Å². The summed E-state index contributed by atoms with van der Waals surface area (Å²) in [5.74, 6) is -1.15. The molecule has 0 bridgehead atoms. The zero-order chi connectivity index (χ0) is 16.3. The third kappa shape index (κ3) is 3.33. The smallest absolute Gasteiger partial charge is 0.262 e. The molecule has 0 aromatic heterocycles. The molecule has 0 fully saturated rings. The summed E-state index contributed by atoms with van der Waals surface area (Å²) in [6.07, 6.45) is 0. The molecule has 0 saturated carbocycles. The minimum absolute atomic E-state index is 0.138. The Kier molecular flexibility index (Phi) is 4.92. The number of carbonyl (C=O) groups excluding carboxylic acids is 3. The first-order valence-electron chi connectivity index (χ1n) is 7.41. The van der Waals surface area contributed by atoms with Crippen molar-refractivity contribution in [2.24, 2.45) is 0 Å². The van der Waals surface area contributed by atoms with Gasteiger partial charge < -0.3 is 10.6 Å². The summed E-state index contributed by atoms with van der Waals surface area (Å²) in [5.41, 5.74) is 1.65. The van der Waals surface area contributed by atoms with E-state index in [0.717, 1.165) is 17.0 Å². The van der Waals surface area contributed by atoms with Gasteiger partial charge in [-0.15, -0.1) is 0 Å². The van der Waals surface area contributed by atoms with Crippen LogP contribution in [0.25, 0.3) is 0 Å². The summed E-state index contributed by atoms with van der Waals surface area (Å²) in [4.78, 5) is 37.4. The molecular weight excluding hydrogens is 282 g/mol. The largest absolute Gasteiger partial charge is 0.353 e. The van der Waals surface area contributed by atoms with Gasteiger partial charge in [0.25, 0.3) is 11.8 Å². The van der Waals surface area contributed by atoms with Gasteiger partial charge in [0.05, 0.1) is 11.1 Å². The maximum atomic E-state index is 12.2. The standard InChI is InChI=1S/C16H21N3O3/c1-4-17-11(3)8-18-14(20)9-19-15(21)12-6-5-10(2)7-13(12)16(19)22/h5-7,11,17H,4,8-9H2,1-3H3,(H,18,20)/t11-/m1/s1. The van der Waals surface area contributed by atoms with Crippen LogP contribution in [-0.4, -0.2) is 48.3 Å². The monoisotopic (exact) mass is 303 g/mol. The molecule has 0 aliphatic carbocycles. The van der Waals surface area contributed by atoms with E-state index in [1.807, 2.05) is 20.8 Å². The van der Waals surface area contributed by atoms with E-state index in [1.165, 1.54) is 0 Å². The molecule has 1 aromatic carbocycles. The number of aryl methyl sites for hydroxylation is 1. The molecule has 6 heteroatoms. The van der Waals surface area contributed by atoms with Crippen LogP contribution < -0.4 is 10.6 Å². The highest BCUT2D eigenvalue weighted by Gasteiger charge is 2.36. The Labute approximate surface area is 129 Å². The van der Waals surface area contributed by atoms with E-state index >= 15 is 0 Å². The van der Waals surface area contributed by atoms with Crippen LogP contribution in [0.1, 0.15) is 40.1 Å². The lowest BCUT2D eigenvalue weighted by atomic mass is 10.1. The Balaban J connectivity index is 1.98. The summed E-state index contributed by atoms with van der Waals surface area (Å²) < 4.78 is 0. The first kappa shape index (κ1) is 16.2. The predicted molar refractivity (Wildman–Crippen MR) is 82.7 cm³/mol. The molecule has 1 aliphatic rings. The topological polar surface area (TPSA) is 78.5 Å². The van der Waals surface area contributed by atoms with Crippen molar-refractivity contribution in [3.63, 3.8) is 0 Å². The number of carbonyl (C=O) groups is 3. The first-order valence-corrected chi connectivity index (χ1v) is 7.41. The number of imide groups is 1. The number of hydrogen-bond acceptors (Lipinski definition) is 4. The van der Waals surface area contributed by atoms with Gasteiger partial charge in [-0.05, 0) is 32.5 Å². The molecule has 0 radical (unpaired) electrons. The average molecular weight is 303 g/mol. The highest BCUT2D eigenvalue weighted by molar-refractivity contribution is 6.22. The van der Waals surface area contributed by atoms with E-state index in [9.17, 15) is 14.4 Å². The number of likely N-dealkylation sites (N-methyl/N-ethyl adjacent to an activating group) is 1. The minimum Gasteiger partial charge on any atom is -0.353 e. The third-order valence-corrected chi connectivity index (χ3v) is 3.59. The number of nitrogens with zero attached hydrogens (tertiary/aromatic N) is 1. The lowest BCUT2D eigenvalue weighted by Crippen LogP contribution is -2.44. The Bertz CT molecular complexity index is 613. The number of fused-ring (bicyclic) bond motifs is 1. The van der Waals surface area contributed by atoms with E-state index in [4.69, 9.17) is 0 Å². The van der Waals surface area contributed by atoms with Gasteiger partial charge in [0.15, 0.2) is 0 Å². The fraction of sp³-hybridized carbons (Fsp3) is 0.438. The fourth-order valence-corrected chi connectivity index (χ4v) is 2.44. The van der Waals surface area contributed by atoms with Crippen LogP contribution in [0.15, 0.2) is 18.2 Å². The maximum absolute atomic E-state index is 12.2. The molecule has 3 amide bonds. The number of amides is 3. The van der Waals surface area contributed by atoms with Gasteiger partial charge in [-0.25, -0.2) is 0 Å². The Morgan fingerprint density at radius 1 is 1.23 bits per heavy atom. The molecule has 1 atom stereocenters. The molecular formula is C16H21N3O3.